The van der Waals surface area contributed by atoms with Crippen LogP contribution in [0.2, 0.25) is 5.02 Å². The number of aryl methyl sites for hydroxylation is 2. The molecule has 0 atom stereocenters. The minimum atomic E-state index is -5.08. The molecule has 1 amide bonds. The van der Waals surface area contributed by atoms with Crippen LogP contribution < -0.4 is 20.9 Å². The number of hydrogen-bond donors (Lipinski definition) is 6. The van der Waals surface area contributed by atoms with Crippen LogP contribution in [0.3, 0.4) is 0 Å². The van der Waals surface area contributed by atoms with Crippen molar-refractivity contribution in [2.45, 2.75) is 50.6 Å². The van der Waals surface area contributed by atoms with E-state index in [1.165, 1.54) is 5.69 Å². The number of fused-ring (bicyclic) bond motifs is 6. The van der Waals surface area contributed by atoms with E-state index in [0.717, 1.165) is 67.0 Å². The monoisotopic (exact) mass is 882 g/mol. The van der Waals surface area contributed by atoms with Crippen LogP contribution in [0, 0.1) is 5.92 Å². The maximum absolute atomic E-state index is 13.1. The number of alkyl halides is 9. The fourth-order valence-corrected chi connectivity index (χ4v) is 5.30. The molecule has 0 unspecified atom stereocenters. The third-order valence-corrected chi connectivity index (χ3v) is 8.24. The second-order valence-corrected chi connectivity index (χ2v) is 12.8. The molecule has 0 saturated carbocycles. The van der Waals surface area contributed by atoms with Gasteiger partial charge in [-0.15, -0.1) is 0 Å². The van der Waals surface area contributed by atoms with Gasteiger partial charge in [0, 0.05) is 55.2 Å². The molecular formula is C35H32ClF9N8O7. The third-order valence-electron chi connectivity index (χ3n) is 7.96. The number of benzene rings is 1. The summed E-state index contributed by atoms with van der Waals surface area (Å²) in [6.07, 6.45) is -2.45. The zero-order chi connectivity index (χ0) is 44.8. The Labute approximate surface area is 337 Å². The quantitative estimate of drug-likeness (QED) is 0.109. The van der Waals surface area contributed by atoms with Crippen LogP contribution in [-0.2, 0) is 32.0 Å². The van der Waals surface area contributed by atoms with Gasteiger partial charge in [-0.25, -0.2) is 19.4 Å². The number of halogens is 10. The Morgan fingerprint density at radius 3 is 1.87 bits per heavy atom. The van der Waals surface area contributed by atoms with Crippen LogP contribution in [-0.4, -0.2) is 90.7 Å². The maximum atomic E-state index is 13.1. The molecule has 25 heteroatoms. The SMILES string of the molecule is O=C(CC1CCN(c2ccncc2)CC1)Nc1ccc2cc1CCc1cncc(c1)Nc1ncc(Cl)c(n1)N2.O=C(O)C(F)(F)F.O=C(O)C(F)(F)F.O=C(O)C(F)(F)F. The fourth-order valence-electron chi connectivity index (χ4n) is 5.17. The van der Waals surface area contributed by atoms with Crippen molar-refractivity contribution >= 4 is 69.9 Å². The minimum Gasteiger partial charge on any atom is -0.475 e. The number of carbonyl (C=O) groups is 4. The highest BCUT2D eigenvalue weighted by Gasteiger charge is 2.39. The summed E-state index contributed by atoms with van der Waals surface area (Å²) < 4.78 is 95.2. The van der Waals surface area contributed by atoms with Crippen molar-refractivity contribution in [2.75, 3.05) is 33.9 Å². The van der Waals surface area contributed by atoms with Gasteiger partial charge < -0.3 is 36.2 Å². The molecule has 6 N–H and O–H groups in total. The molecule has 3 aromatic heterocycles. The van der Waals surface area contributed by atoms with E-state index in [9.17, 15) is 44.3 Å². The molecule has 4 aromatic rings. The van der Waals surface area contributed by atoms with E-state index >= 15 is 0 Å². The Morgan fingerprint density at radius 1 is 0.750 bits per heavy atom. The number of pyridine rings is 2. The van der Waals surface area contributed by atoms with Crippen LogP contribution in [0.4, 0.5) is 74.0 Å². The zero-order valence-electron chi connectivity index (χ0n) is 30.4. The Balaban J connectivity index is 0.000000377. The number of anilines is 6. The van der Waals surface area contributed by atoms with E-state index in [0.29, 0.717) is 29.1 Å². The molecule has 6 rings (SSSR count). The van der Waals surface area contributed by atoms with Crippen LogP contribution in [0.1, 0.15) is 30.4 Å². The van der Waals surface area contributed by atoms with E-state index in [-0.39, 0.29) is 5.91 Å². The Kier molecular flexibility index (Phi) is 16.8. The number of rotatable bonds is 4. The number of amides is 1. The van der Waals surface area contributed by atoms with Gasteiger partial charge in [-0.2, -0.15) is 44.5 Å². The summed E-state index contributed by atoms with van der Waals surface area (Å²) in [5, 5.41) is 31.5. The predicted octanol–water partition coefficient (Wildman–Crippen LogP) is 7.65. The van der Waals surface area contributed by atoms with E-state index < -0.39 is 36.4 Å². The Morgan fingerprint density at radius 2 is 1.32 bits per heavy atom. The van der Waals surface area contributed by atoms with Gasteiger partial charge in [0.2, 0.25) is 11.9 Å². The Hall–Kier alpha value is -6.46. The highest BCUT2D eigenvalue weighted by molar-refractivity contribution is 6.32. The number of aliphatic carboxylic acids is 3. The lowest BCUT2D eigenvalue weighted by atomic mass is 9.92. The molecule has 5 heterocycles. The van der Waals surface area contributed by atoms with Gasteiger partial charge in [0.05, 0.1) is 18.1 Å². The summed E-state index contributed by atoms with van der Waals surface area (Å²) >= 11 is 6.38. The highest BCUT2D eigenvalue weighted by Crippen LogP contribution is 2.30. The second kappa shape index (κ2) is 21.0. The van der Waals surface area contributed by atoms with E-state index in [1.807, 2.05) is 55.0 Å². The summed E-state index contributed by atoms with van der Waals surface area (Å²) in [5.41, 5.74) is 5.76. The van der Waals surface area contributed by atoms with Gasteiger partial charge >= 0.3 is 36.4 Å². The van der Waals surface area contributed by atoms with Crippen LogP contribution in [0.5, 0.6) is 0 Å². The zero-order valence-corrected chi connectivity index (χ0v) is 31.1. The van der Waals surface area contributed by atoms with Crippen LogP contribution in [0.15, 0.2) is 67.4 Å². The van der Waals surface area contributed by atoms with Gasteiger partial charge in [-0.1, -0.05) is 11.6 Å². The molecule has 0 radical (unpaired) electrons. The van der Waals surface area contributed by atoms with Crippen molar-refractivity contribution < 1.29 is 74.0 Å². The standard InChI is InChI=1S/C29H29ClN8O.3C2HF3O2/c30-25-18-33-29-35-23-13-20(16-32-17-23)1-2-21-15-22(34-28(25)37-29)3-4-26(21)36-27(39)14-19-7-11-38(12-8-19)24-5-9-31-10-6-24;3*3-2(4,5)1(6)7/h3-6,9-10,13,15-19H,1-2,7-8,11-12,14H2,(H,36,39)(H2,33,34,35,37);3*(H,6,7). The van der Waals surface area contributed by atoms with E-state index in [1.54, 1.807) is 12.4 Å². The third kappa shape index (κ3) is 16.1. The van der Waals surface area contributed by atoms with Crippen molar-refractivity contribution in [3.8, 4) is 0 Å². The molecule has 2 aliphatic rings. The first kappa shape index (κ1) is 47.9. The number of carbonyl (C=O) groups excluding carboxylic acids is 1. The first-order valence-corrected chi connectivity index (χ1v) is 17.3. The molecule has 0 aliphatic carbocycles. The number of nitrogens with zero attached hydrogens (tertiary/aromatic N) is 5. The normalized spacial score (nSPS) is 13.8. The lowest BCUT2D eigenvalue weighted by molar-refractivity contribution is -0.193. The van der Waals surface area contributed by atoms with Gasteiger partial charge in [-0.3, -0.25) is 14.8 Å². The summed E-state index contributed by atoms with van der Waals surface area (Å²) in [5.74, 6) is -6.93. The van der Waals surface area contributed by atoms with Crippen molar-refractivity contribution in [3.05, 3.63) is 83.5 Å². The van der Waals surface area contributed by atoms with Crippen molar-refractivity contribution in [1.82, 2.24) is 19.9 Å². The molecule has 1 saturated heterocycles. The number of nitrogens with one attached hydrogen (secondary N) is 3. The first-order valence-electron chi connectivity index (χ1n) is 16.9. The number of piperidine rings is 1. The average Bonchev–Trinajstić information content (AvgIpc) is 3.17. The molecule has 6 bridgehead atoms. The summed E-state index contributed by atoms with van der Waals surface area (Å²) in [6, 6.07) is 12.0. The summed E-state index contributed by atoms with van der Waals surface area (Å²) in [6.45, 7) is 1.89. The van der Waals surface area contributed by atoms with Crippen LogP contribution >= 0.6 is 11.6 Å². The van der Waals surface area contributed by atoms with Crippen molar-refractivity contribution in [2.24, 2.45) is 5.92 Å². The molecule has 60 heavy (non-hydrogen) atoms. The van der Waals surface area contributed by atoms with Crippen molar-refractivity contribution in [3.63, 3.8) is 0 Å². The van der Waals surface area contributed by atoms with Crippen molar-refractivity contribution in [1.29, 1.82) is 0 Å². The lowest BCUT2D eigenvalue weighted by Crippen LogP contribution is -2.34. The molecule has 324 valence electrons. The average molecular weight is 883 g/mol. The molecular weight excluding hydrogens is 851 g/mol. The molecule has 0 spiro atoms. The smallest absolute Gasteiger partial charge is 0.475 e. The molecule has 2 aliphatic heterocycles. The Bertz CT molecular complexity index is 2050. The first-order chi connectivity index (χ1) is 27.9. The number of carboxylic acids is 3. The lowest BCUT2D eigenvalue weighted by Gasteiger charge is -2.33. The van der Waals surface area contributed by atoms with Gasteiger partial charge in [0.1, 0.15) is 5.02 Å². The predicted molar refractivity (Wildman–Crippen MR) is 195 cm³/mol. The van der Waals surface area contributed by atoms with Gasteiger partial charge in [0.15, 0.2) is 5.82 Å². The largest absolute Gasteiger partial charge is 0.490 e. The van der Waals surface area contributed by atoms with Gasteiger partial charge in [0.25, 0.3) is 0 Å². The second-order valence-electron chi connectivity index (χ2n) is 12.4. The number of carboxylic acid groups (broad SMARTS) is 3. The number of hydrogen-bond acceptors (Lipinski definition) is 11. The molecule has 1 aromatic carbocycles. The van der Waals surface area contributed by atoms with E-state index in [2.05, 4.69) is 40.8 Å². The fraction of sp³-hybridized carbons (Fsp3) is 0.314. The minimum absolute atomic E-state index is 0.0496. The van der Waals surface area contributed by atoms with Crippen LogP contribution in [0.25, 0.3) is 0 Å². The van der Waals surface area contributed by atoms with Gasteiger partial charge in [-0.05, 0) is 79.1 Å². The molecule has 15 nitrogen and oxygen atoms in total. The highest BCUT2D eigenvalue weighted by atomic mass is 35.5. The maximum Gasteiger partial charge on any atom is 0.490 e. The number of aromatic nitrogens is 4. The summed E-state index contributed by atoms with van der Waals surface area (Å²) in [4.78, 5) is 59.5. The topological polar surface area (TPSA) is 220 Å². The summed E-state index contributed by atoms with van der Waals surface area (Å²) in [7, 11) is 0. The molecule has 1 fully saturated rings. The van der Waals surface area contributed by atoms with E-state index in [4.69, 9.17) is 41.3 Å².